The lowest BCUT2D eigenvalue weighted by molar-refractivity contribution is -0.146. The fraction of sp³-hybridized carbons (Fsp3) is 0.375. The van der Waals surface area contributed by atoms with Crippen molar-refractivity contribution in [3.8, 4) is 0 Å². The highest BCUT2D eigenvalue weighted by atomic mass is 16.4. The van der Waals surface area contributed by atoms with Crippen LogP contribution < -0.4 is 5.32 Å². The smallest absolute Gasteiger partial charge is 0.307 e. The van der Waals surface area contributed by atoms with Crippen LogP contribution in [0.5, 0.6) is 0 Å². The number of aliphatic carboxylic acids is 1. The minimum absolute atomic E-state index is 0.00474. The molecule has 2 bridgehead atoms. The van der Waals surface area contributed by atoms with Crippen LogP contribution in [0, 0.1) is 30.6 Å². The van der Waals surface area contributed by atoms with Crippen LogP contribution in [0.4, 0.5) is 5.69 Å². The molecule has 0 radical (unpaired) electrons. The van der Waals surface area contributed by atoms with Gasteiger partial charge in [0.1, 0.15) is 0 Å². The van der Waals surface area contributed by atoms with Gasteiger partial charge in [-0.2, -0.15) is 0 Å². The van der Waals surface area contributed by atoms with Crippen LogP contribution in [-0.2, 0) is 9.59 Å². The first kappa shape index (κ1) is 12.9. The molecule has 4 heteroatoms. The fourth-order valence-corrected chi connectivity index (χ4v) is 3.45. The van der Waals surface area contributed by atoms with Gasteiger partial charge in [0.25, 0.3) is 0 Å². The summed E-state index contributed by atoms with van der Waals surface area (Å²) >= 11 is 0. The van der Waals surface area contributed by atoms with Gasteiger partial charge in [-0.1, -0.05) is 30.4 Å². The lowest BCUT2D eigenvalue weighted by Crippen LogP contribution is -2.36. The number of allylic oxidation sites excluding steroid dienone is 2. The van der Waals surface area contributed by atoms with E-state index in [9.17, 15) is 14.7 Å². The Balaban J connectivity index is 1.82. The molecule has 1 fully saturated rings. The van der Waals surface area contributed by atoms with Gasteiger partial charge in [0.05, 0.1) is 11.8 Å². The van der Waals surface area contributed by atoms with E-state index in [1.165, 1.54) is 0 Å². The molecule has 1 aromatic rings. The van der Waals surface area contributed by atoms with Crippen molar-refractivity contribution in [1.82, 2.24) is 0 Å². The van der Waals surface area contributed by atoms with Crippen LogP contribution in [0.3, 0.4) is 0 Å². The van der Waals surface area contributed by atoms with Gasteiger partial charge in [-0.3, -0.25) is 9.59 Å². The maximum absolute atomic E-state index is 12.5. The van der Waals surface area contributed by atoms with Crippen molar-refractivity contribution in [3.05, 3.63) is 42.0 Å². The summed E-state index contributed by atoms with van der Waals surface area (Å²) in [6, 6.07) is 7.53. The number of anilines is 1. The molecule has 1 saturated carbocycles. The number of nitrogens with one attached hydrogen (secondary N) is 1. The third kappa shape index (κ3) is 2.01. The molecule has 2 N–H and O–H groups in total. The number of rotatable bonds is 3. The Kier molecular flexibility index (Phi) is 3.08. The van der Waals surface area contributed by atoms with E-state index < -0.39 is 17.8 Å². The van der Waals surface area contributed by atoms with Crippen LogP contribution in [0.1, 0.15) is 12.0 Å². The van der Waals surface area contributed by atoms with E-state index in [0.717, 1.165) is 17.7 Å². The zero-order chi connectivity index (χ0) is 14.3. The summed E-state index contributed by atoms with van der Waals surface area (Å²) < 4.78 is 0. The third-order valence-corrected chi connectivity index (χ3v) is 4.45. The first-order chi connectivity index (χ1) is 9.58. The van der Waals surface area contributed by atoms with Gasteiger partial charge in [0.15, 0.2) is 0 Å². The van der Waals surface area contributed by atoms with E-state index in [2.05, 4.69) is 5.32 Å². The Labute approximate surface area is 117 Å². The molecule has 2 aliphatic rings. The molecule has 3 rings (SSSR count). The van der Waals surface area contributed by atoms with Crippen molar-refractivity contribution >= 4 is 17.6 Å². The topological polar surface area (TPSA) is 66.4 Å². The summed E-state index contributed by atoms with van der Waals surface area (Å²) in [6.07, 6.45) is 4.72. The molecule has 104 valence electrons. The number of aryl methyl sites for hydroxylation is 1. The summed E-state index contributed by atoms with van der Waals surface area (Å²) in [7, 11) is 0. The largest absolute Gasteiger partial charge is 0.481 e. The Bertz CT molecular complexity index is 593. The number of fused-ring (bicyclic) bond motifs is 2. The van der Waals surface area contributed by atoms with Gasteiger partial charge in [0.2, 0.25) is 5.91 Å². The molecule has 0 unspecified atom stereocenters. The molecule has 4 atom stereocenters. The number of para-hydroxylation sites is 1. The van der Waals surface area contributed by atoms with Crippen molar-refractivity contribution in [2.24, 2.45) is 23.7 Å². The Morgan fingerprint density at radius 1 is 1.15 bits per heavy atom. The summed E-state index contributed by atoms with van der Waals surface area (Å²) in [5.41, 5.74) is 1.74. The van der Waals surface area contributed by atoms with Crippen LogP contribution in [0.15, 0.2) is 36.4 Å². The minimum Gasteiger partial charge on any atom is -0.481 e. The number of amides is 1. The normalized spacial score (nSPS) is 30.4. The SMILES string of the molecule is Cc1ccccc1NC(=O)[C@@H]1[C@H](C(=O)O)[C@H]2C=C[C@H]1C2. The Morgan fingerprint density at radius 3 is 2.45 bits per heavy atom. The summed E-state index contributed by atoms with van der Waals surface area (Å²) in [5, 5.41) is 12.2. The highest BCUT2D eigenvalue weighted by molar-refractivity contribution is 5.96. The van der Waals surface area contributed by atoms with Crippen LogP contribution in [0.2, 0.25) is 0 Å². The molecule has 1 amide bonds. The summed E-state index contributed by atoms with van der Waals surface area (Å²) in [4.78, 5) is 23.9. The first-order valence-corrected chi connectivity index (χ1v) is 6.85. The molecular formula is C16H17NO3. The molecular weight excluding hydrogens is 254 g/mol. The van der Waals surface area contributed by atoms with E-state index in [-0.39, 0.29) is 17.7 Å². The zero-order valence-corrected chi connectivity index (χ0v) is 11.2. The molecule has 20 heavy (non-hydrogen) atoms. The second-order valence-corrected chi connectivity index (χ2v) is 5.64. The average Bonchev–Trinajstić information content (AvgIpc) is 3.01. The quantitative estimate of drug-likeness (QED) is 0.830. The van der Waals surface area contributed by atoms with Gasteiger partial charge in [0, 0.05) is 5.69 Å². The predicted molar refractivity (Wildman–Crippen MR) is 75.2 cm³/mol. The van der Waals surface area contributed by atoms with E-state index in [4.69, 9.17) is 0 Å². The number of carboxylic acids is 1. The van der Waals surface area contributed by atoms with Crippen molar-refractivity contribution in [2.45, 2.75) is 13.3 Å². The predicted octanol–water partition coefficient (Wildman–Crippen LogP) is 2.46. The maximum Gasteiger partial charge on any atom is 0.307 e. The zero-order valence-electron chi connectivity index (χ0n) is 11.2. The van der Waals surface area contributed by atoms with Gasteiger partial charge in [-0.15, -0.1) is 0 Å². The molecule has 1 aromatic carbocycles. The van der Waals surface area contributed by atoms with E-state index >= 15 is 0 Å². The highest BCUT2D eigenvalue weighted by Crippen LogP contribution is 2.48. The van der Waals surface area contributed by atoms with E-state index in [0.29, 0.717) is 0 Å². The van der Waals surface area contributed by atoms with Gasteiger partial charge in [-0.25, -0.2) is 0 Å². The summed E-state index contributed by atoms with van der Waals surface area (Å²) in [6.45, 7) is 1.92. The average molecular weight is 271 g/mol. The Hall–Kier alpha value is -2.10. The molecule has 0 saturated heterocycles. The molecule has 2 aliphatic carbocycles. The van der Waals surface area contributed by atoms with Crippen molar-refractivity contribution in [3.63, 3.8) is 0 Å². The monoisotopic (exact) mass is 271 g/mol. The maximum atomic E-state index is 12.5. The summed E-state index contributed by atoms with van der Waals surface area (Å²) in [5.74, 6) is -2.03. The second kappa shape index (κ2) is 4.78. The van der Waals surface area contributed by atoms with Gasteiger partial charge < -0.3 is 10.4 Å². The molecule has 0 spiro atoms. The Morgan fingerprint density at radius 2 is 1.80 bits per heavy atom. The van der Waals surface area contributed by atoms with Crippen molar-refractivity contribution < 1.29 is 14.7 Å². The van der Waals surface area contributed by atoms with Crippen molar-refractivity contribution in [2.75, 3.05) is 5.32 Å². The molecule has 0 heterocycles. The number of hydrogen-bond acceptors (Lipinski definition) is 2. The number of benzene rings is 1. The lowest BCUT2D eigenvalue weighted by atomic mass is 9.82. The molecule has 0 aromatic heterocycles. The van der Waals surface area contributed by atoms with Crippen LogP contribution >= 0.6 is 0 Å². The fourth-order valence-electron chi connectivity index (χ4n) is 3.45. The van der Waals surface area contributed by atoms with Gasteiger partial charge in [-0.05, 0) is 36.8 Å². The number of carbonyl (C=O) groups is 2. The standard InChI is InChI=1S/C16H17NO3/c1-9-4-2-3-5-12(9)17-15(18)13-10-6-7-11(8-10)14(13)16(19)20/h2-7,10-11,13-14H,8H2,1H3,(H,17,18)(H,19,20)/t10-,11-,13-,14+/m0/s1. The highest BCUT2D eigenvalue weighted by Gasteiger charge is 2.51. The number of carboxylic acid groups (broad SMARTS) is 1. The van der Waals surface area contributed by atoms with E-state index in [1.54, 1.807) is 0 Å². The molecule has 4 nitrogen and oxygen atoms in total. The lowest BCUT2D eigenvalue weighted by Gasteiger charge is -2.24. The number of carbonyl (C=O) groups excluding carboxylic acids is 1. The van der Waals surface area contributed by atoms with Crippen LogP contribution in [0.25, 0.3) is 0 Å². The van der Waals surface area contributed by atoms with E-state index in [1.807, 2.05) is 43.3 Å². The minimum atomic E-state index is -0.869. The third-order valence-electron chi connectivity index (χ3n) is 4.45. The number of hydrogen-bond donors (Lipinski definition) is 2. The molecule has 0 aliphatic heterocycles. The second-order valence-electron chi connectivity index (χ2n) is 5.64. The first-order valence-electron chi connectivity index (χ1n) is 6.85. The van der Waals surface area contributed by atoms with Crippen molar-refractivity contribution in [1.29, 1.82) is 0 Å². The van der Waals surface area contributed by atoms with Crippen LogP contribution in [-0.4, -0.2) is 17.0 Å². The van der Waals surface area contributed by atoms with Gasteiger partial charge >= 0.3 is 5.97 Å².